The highest BCUT2D eigenvalue weighted by Crippen LogP contribution is 2.22. The topological polar surface area (TPSA) is 69.5 Å². The predicted molar refractivity (Wildman–Crippen MR) is 145 cm³/mol. The van der Waals surface area contributed by atoms with E-state index in [2.05, 4.69) is 36.1 Å². The number of aryl methyl sites for hydroxylation is 2. The first-order valence-electron chi connectivity index (χ1n) is 12.3. The van der Waals surface area contributed by atoms with Crippen molar-refractivity contribution < 1.29 is 9.47 Å². The zero-order valence-corrected chi connectivity index (χ0v) is 22.7. The quantitative estimate of drug-likeness (QED) is 0.281. The van der Waals surface area contributed by atoms with E-state index in [-0.39, 0.29) is 11.6 Å². The van der Waals surface area contributed by atoms with Crippen LogP contribution in [0, 0.1) is 6.92 Å². The van der Waals surface area contributed by atoms with Crippen LogP contribution in [0.2, 0.25) is 0 Å². The van der Waals surface area contributed by atoms with E-state index in [1.807, 2.05) is 39.0 Å². The zero-order chi connectivity index (χ0) is 25.8. The number of ether oxygens (including phenoxy) is 2. The summed E-state index contributed by atoms with van der Waals surface area (Å²) in [5.41, 5.74) is 2.94. The van der Waals surface area contributed by atoms with Crippen LogP contribution in [0.3, 0.4) is 0 Å². The van der Waals surface area contributed by atoms with E-state index < -0.39 is 0 Å². The maximum Gasteiger partial charge on any atom is 0.257 e. The average molecular weight is 501 g/mol. The number of pyridine rings is 1. The molecule has 0 amide bonds. The van der Waals surface area contributed by atoms with Crippen LogP contribution in [0.25, 0.3) is 0 Å². The Morgan fingerprint density at radius 3 is 2.86 bits per heavy atom. The minimum Gasteiger partial charge on any atom is -0.492 e. The molecule has 0 saturated carbocycles. The highest BCUT2D eigenvalue weighted by molar-refractivity contribution is 7.80. The number of fused-ring (bicyclic) bond motifs is 1. The van der Waals surface area contributed by atoms with Gasteiger partial charge in [0.05, 0.1) is 19.3 Å². The number of rotatable bonds is 11. The number of hydrogen-bond donors (Lipinski definition) is 1. The lowest BCUT2D eigenvalue weighted by molar-refractivity contribution is 0.204. The number of aromatic nitrogens is 3. The molecule has 2 heterocycles. The van der Waals surface area contributed by atoms with Crippen molar-refractivity contribution in [3.8, 4) is 5.88 Å². The molecule has 0 aliphatic heterocycles. The van der Waals surface area contributed by atoms with Gasteiger partial charge in [-0.05, 0) is 69.2 Å². The lowest BCUT2D eigenvalue weighted by Gasteiger charge is -2.32. The molecule has 7 nitrogen and oxygen atoms in total. The van der Waals surface area contributed by atoms with E-state index in [1.165, 1.54) is 0 Å². The van der Waals surface area contributed by atoms with Crippen LogP contribution in [-0.4, -0.2) is 52.0 Å². The third-order valence-electron chi connectivity index (χ3n) is 6.02. The average Bonchev–Trinajstić information content (AvgIpc) is 2.88. The van der Waals surface area contributed by atoms with Gasteiger partial charge in [0, 0.05) is 30.4 Å². The molecule has 192 valence electrons. The molecular formula is C27H40N4O3S. The van der Waals surface area contributed by atoms with Gasteiger partial charge in [-0.3, -0.25) is 14.3 Å². The summed E-state index contributed by atoms with van der Waals surface area (Å²) in [7, 11) is 3.72. The summed E-state index contributed by atoms with van der Waals surface area (Å²) in [6.07, 6.45) is 8.69. The van der Waals surface area contributed by atoms with Crippen molar-refractivity contribution in [3.05, 3.63) is 75.8 Å². The minimum absolute atomic E-state index is 0.0456. The van der Waals surface area contributed by atoms with Gasteiger partial charge in [0.2, 0.25) is 5.88 Å². The van der Waals surface area contributed by atoms with Gasteiger partial charge in [-0.25, -0.2) is 9.97 Å². The molecule has 0 aromatic carbocycles. The van der Waals surface area contributed by atoms with Crippen molar-refractivity contribution in [2.45, 2.75) is 65.6 Å². The number of thiol groups is 1. The molecule has 0 spiro atoms. The van der Waals surface area contributed by atoms with Crippen molar-refractivity contribution in [3.63, 3.8) is 0 Å². The van der Waals surface area contributed by atoms with Crippen LogP contribution in [0.5, 0.6) is 5.88 Å². The van der Waals surface area contributed by atoms with Gasteiger partial charge < -0.3 is 9.47 Å². The molecule has 0 bridgehead atoms. The van der Waals surface area contributed by atoms with Crippen LogP contribution in [0.4, 0.5) is 0 Å². The Hall–Kier alpha value is -2.58. The molecule has 0 radical (unpaired) electrons. The first-order valence-corrected chi connectivity index (χ1v) is 12.9. The van der Waals surface area contributed by atoms with Crippen molar-refractivity contribution in [2.75, 3.05) is 26.5 Å². The second-order valence-corrected chi connectivity index (χ2v) is 8.68. The Balaban J connectivity index is 0.00000210. The fourth-order valence-electron chi connectivity index (χ4n) is 4.19. The van der Waals surface area contributed by atoms with Gasteiger partial charge in [0.15, 0.2) is 0 Å². The molecule has 0 N–H and O–H groups in total. The highest BCUT2D eigenvalue weighted by atomic mass is 32.1. The summed E-state index contributed by atoms with van der Waals surface area (Å²) in [4.78, 5) is 24.6. The van der Waals surface area contributed by atoms with Crippen molar-refractivity contribution in [1.82, 2.24) is 19.4 Å². The summed E-state index contributed by atoms with van der Waals surface area (Å²) in [6.45, 7) is 11.3. The number of hydrogen-bond acceptors (Lipinski definition) is 7. The van der Waals surface area contributed by atoms with Crippen LogP contribution < -0.4 is 10.3 Å². The fraction of sp³-hybridized carbons (Fsp3) is 0.519. The van der Waals surface area contributed by atoms with E-state index in [0.29, 0.717) is 25.5 Å². The molecule has 1 atom stereocenters. The van der Waals surface area contributed by atoms with Crippen LogP contribution in [0.1, 0.15) is 49.3 Å². The lowest BCUT2D eigenvalue weighted by atomic mass is 9.91. The highest BCUT2D eigenvalue weighted by Gasteiger charge is 2.26. The molecule has 0 fully saturated rings. The summed E-state index contributed by atoms with van der Waals surface area (Å²) in [5, 5.41) is 0. The van der Waals surface area contributed by atoms with Gasteiger partial charge in [-0.15, -0.1) is 0 Å². The van der Waals surface area contributed by atoms with E-state index in [1.54, 1.807) is 23.9 Å². The number of methoxy groups -OCH3 is 1. The third kappa shape index (κ3) is 7.97. The number of nitrogens with zero attached hydrogens (tertiary/aromatic N) is 4. The van der Waals surface area contributed by atoms with Gasteiger partial charge in [-0.1, -0.05) is 20.4 Å². The van der Waals surface area contributed by atoms with Gasteiger partial charge in [-0.2, -0.15) is 12.6 Å². The number of likely N-dealkylation sites (N-methyl/N-ethyl adjacent to an activating group) is 1. The molecular weight excluding hydrogens is 460 g/mol. The molecule has 1 unspecified atom stereocenters. The lowest BCUT2D eigenvalue weighted by Crippen LogP contribution is -2.41. The predicted octanol–water partition coefficient (Wildman–Crippen LogP) is 4.38. The smallest absolute Gasteiger partial charge is 0.257 e. The van der Waals surface area contributed by atoms with Gasteiger partial charge >= 0.3 is 0 Å². The van der Waals surface area contributed by atoms with Crippen LogP contribution in [0.15, 0.2) is 47.6 Å². The van der Waals surface area contributed by atoms with Gasteiger partial charge in [0.1, 0.15) is 18.2 Å². The summed E-state index contributed by atoms with van der Waals surface area (Å²) in [5.74, 6) is 2.81. The maximum atomic E-state index is 13.3. The summed E-state index contributed by atoms with van der Waals surface area (Å²) < 4.78 is 12.8. The molecule has 1 aliphatic carbocycles. The summed E-state index contributed by atoms with van der Waals surface area (Å²) >= 11 is 4.21. The Morgan fingerprint density at radius 1 is 1.40 bits per heavy atom. The van der Waals surface area contributed by atoms with E-state index >= 15 is 0 Å². The Kier molecular flexibility index (Phi) is 12.1. The Labute approximate surface area is 215 Å². The monoisotopic (exact) mass is 500 g/mol. The van der Waals surface area contributed by atoms with E-state index in [0.717, 1.165) is 60.0 Å². The standard InChI is InChI=1S/C25H34N4O3S.C2H6/c1-5-21(7-6-14-33)32-13-12-29-18(2)27-23-9-8-20(16-22(23)25(29)30)28(3)17-19-10-11-26-24(15-19)31-4;1-2/h5,7,10-11,15,20,33H,1,6,8-9,12-14,16-17H2,2-4H3;1-2H3/b21-7-;. The maximum absolute atomic E-state index is 13.3. The third-order valence-corrected chi connectivity index (χ3v) is 6.27. The number of allylic oxidation sites excluding steroid dienone is 2. The zero-order valence-electron chi connectivity index (χ0n) is 21.8. The second-order valence-electron chi connectivity index (χ2n) is 8.23. The molecule has 8 heteroatoms. The first-order chi connectivity index (χ1) is 17.0. The van der Waals surface area contributed by atoms with Gasteiger partial charge in [0.25, 0.3) is 5.56 Å². The van der Waals surface area contributed by atoms with Crippen molar-refractivity contribution >= 4 is 12.6 Å². The van der Waals surface area contributed by atoms with Crippen LogP contribution in [-0.2, 0) is 30.7 Å². The summed E-state index contributed by atoms with van der Waals surface area (Å²) in [6, 6.07) is 4.22. The molecule has 3 rings (SSSR count). The molecule has 2 aromatic rings. The normalized spacial score (nSPS) is 15.2. The second kappa shape index (κ2) is 14.7. The van der Waals surface area contributed by atoms with Crippen molar-refractivity contribution in [2.24, 2.45) is 0 Å². The Bertz CT molecular complexity index is 1050. The SMILES string of the molecule is C=C/C(=C/CCS)OCCn1c(C)nc2c(c1=O)CC(N(C)Cc1ccnc(OC)c1)CC2.CC. The molecule has 1 aliphatic rings. The van der Waals surface area contributed by atoms with E-state index in [4.69, 9.17) is 14.5 Å². The van der Waals surface area contributed by atoms with Crippen LogP contribution >= 0.6 is 12.6 Å². The molecule has 35 heavy (non-hydrogen) atoms. The molecule has 0 saturated heterocycles. The van der Waals surface area contributed by atoms with Crippen molar-refractivity contribution in [1.29, 1.82) is 0 Å². The fourth-order valence-corrected chi connectivity index (χ4v) is 4.32. The van der Waals surface area contributed by atoms with E-state index in [9.17, 15) is 4.79 Å². The minimum atomic E-state index is 0.0456. The Morgan fingerprint density at radius 2 is 2.17 bits per heavy atom. The first kappa shape index (κ1) is 28.7. The molecule has 2 aromatic heterocycles. The largest absolute Gasteiger partial charge is 0.492 e.